The summed E-state index contributed by atoms with van der Waals surface area (Å²) in [6, 6.07) is 8.25. The highest BCUT2D eigenvalue weighted by molar-refractivity contribution is 9.10. The maximum Gasteiger partial charge on any atom is 0.262 e. The minimum Gasteiger partial charge on any atom is -0.398 e. The van der Waals surface area contributed by atoms with Crippen LogP contribution in [0.4, 0.5) is 11.4 Å². The van der Waals surface area contributed by atoms with E-state index in [1.54, 1.807) is 19.1 Å². The largest absolute Gasteiger partial charge is 0.398 e. The third-order valence-corrected chi connectivity index (χ3v) is 5.85. The van der Waals surface area contributed by atoms with Crippen LogP contribution in [0.15, 0.2) is 39.7 Å². The van der Waals surface area contributed by atoms with Gasteiger partial charge in [-0.25, -0.2) is 8.42 Å². The van der Waals surface area contributed by atoms with Crippen LogP contribution in [0.1, 0.15) is 11.1 Å². The number of halogens is 2. The third kappa shape index (κ3) is 3.33. The van der Waals surface area contributed by atoms with Crippen molar-refractivity contribution in [3.63, 3.8) is 0 Å². The van der Waals surface area contributed by atoms with Gasteiger partial charge in [-0.05, 0) is 59.1 Å². The molecule has 7 heteroatoms. The van der Waals surface area contributed by atoms with Crippen LogP contribution in [0.25, 0.3) is 0 Å². The normalized spacial score (nSPS) is 11.4. The fourth-order valence-corrected chi connectivity index (χ4v) is 4.04. The first kappa shape index (κ1) is 16.1. The molecule has 21 heavy (non-hydrogen) atoms. The minimum atomic E-state index is -3.77. The van der Waals surface area contributed by atoms with E-state index in [2.05, 4.69) is 20.7 Å². The van der Waals surface area contributed by atoms with Crippen molar-refractivity contribution in [1.82, 2.24) is 0 Å². The Morgan fingerprint density at radius 3 is 2.57 bits per heavy atom. The SMILES string of the molecule is Cc1cccc(NS(=O)(=O)c2cc(Cl)cc(N)c2C)c1Br. The van der Waals surface area contributed by atoms with Gasteiger partial charge < -0.3 is 5.73 Å². The van der Waals surface area contributed by atoms with Crippen molar-refractivity contribution in [2.24, 2.45) is 0 Å². The maximum atomic E-state index is 12.5. The molecule has 2 rings (SSSR count). The lowest BCUT2D eigenvalue weighted by Gasteiger charge is -2.14. The van der Waals surface area contributed by atoms with Gasteiger partial charge in [-0.2, -0.15) is 0 Å². The van der Waals surface area contributed by atoms with E-state index in [4.69, 9.17) is 17.3 Å². The third-order valence-electron chi connectivity index (χ3n) is 3.09. The zero-order valence-corrected chi connectivity index (χ0v) is 14.6. The molecule has 2 aromatic carbocycles. The van der Waals surface area contributed by atoms with E-state index in [9.17, 15) is 8.42 Å². The second-order valence-electron chi connectivity index (χ2n) is 4.66. The molecule has 0 radical (unpaired) electrons. The van der Waals surface area contributed by atoms with Crippen LogP contribution in [-0.4, -0.2) is 8.42 Å². The van der Waals surface area contributed by atoms with Gasteiger partial charge in [0.1, 0.15) is 0 Å². The Bertz CT molecular complexity index is 807. The van der Waals surface area contributed by atoms with Crippen LogP contribution in [0.3, 0.4) is 0 Å². The summed E-state index contributed by atoms with van der Waals surface area (Å²) in [5, 5.41) is 0.279. The zero-order valence-electron chi connectivity index (χ0n) is 11.4. The number of nitrogens with two attached hydrogens (primary N) is 1. The topological polar surface area (TPSA) is 72.2 Å². The molecule has 0 amide bonds. The van der Waals surface area contributed by atoms with E-state index in [1.807, 2.05) is 13.0 Å². The van der Waals surface area contributed by atoms with Crippen molar-refractivity contribution >= 4 is 48.9 Å². The summed E-state index contributed by atoms with van der Waals surface area (Å²) in [6.45, 7) is 3.52. The first-order chi connectivity index (χ1) is 9.72. The van der Waals surface area contributed by atoms with E-state index < -0.39 is 10.0 Å². The van der Waals surface area contributed by atoms with Gasteiger partial charge >= 0.3 is 0 Å². The molecule has 112 valence electrons. The van der Waals surface area contributed by atoms with Gasteiger partial charge in [0.15, 0.2) is 0 Å². The van der Waals surface area contributed by atoms with Crippen LogP contribution >= 0.6 is 27.5 Å². The molecular formula is C14H14BrClN2O2S. The van der Waals surface area contributed by atoms with Crippen molar-refractivity contribution in [2.75, 3.05) is 10.5 Å². The van der Waals surface area contributed by atoms with E-state index in [-0.39, 0.29) is 9.92 Å². The van der Waals surface area contributed by atoms with Crippen molar-refractivity contribution in [2.45, 2.75) is 18.7 Å². The number of aryl methyl sites for hydroxylation is 1. The summed E-state index contributed by atoms with van der Waals surface area (Å²) >= 11 is 9.28. The minimum absolute atomic E-state index is 0.0703. The molecule has 0 atom stereocenters. The van der Waals surface area contributed by atoms with E-state index in [0.29, 0.717) is 21.4 Å². The molecule has 0 saturated heterocycles. The lowest BCUT2D eigenvalue weighted by Crippen LogP contribution is -2.15. The van der Waals surface area contributed by atoms with Crippen LogP contribution in [0.2, 0.25) is 5.02 Å². The Morgan fingerprint density at radius 2 is 1.90 bits per heavy atom. The fourth-order valence-electron chi connectivity index (χ4n) is 1.88. The van der Waals surface area contributed by atoms with E-state index in [0.717, 1.165) is 5.56 Å². The number of rotatable bonds is 3. The predicted molar refractivity (Wildman–Crippen MR) is 90.3 cm³/mol. The summed E-state index contributed by atoms with van der Waals surface area (Å²) in [5.74, 6) is 0. The standard InChI is InChI=1S/C14H14BrClN2O2S/c1-8-4-3-5-12(14(8)15)18-21(19,20)13-7-10(16)6-11(17)9(13)2/h3-7,18H,17H2,1-2H3. The van der Waals surface area contributed by atoms with Crippen LogP contribution in [-0.2, 0) is 10.0 Å². The molecule has 0 bridgehead atoms. The Hall–Kier alpha value is -1.24. The molecule has 0 aliphatic rings. The van der Waals surface area contributed by atoms with E-state index >= 15 is 0 Å². The predicted octanol–water partition coefficient (Wildman–Crippen LogP) is 4.10. The number of nitrogens with one attached hydrogen (secondary N) is 1. The molecule has 0 aliphatic carbocycles. The molecule has 0 unspecified atom stereocenters. The Kier molecular flexibility index (Phi) is 4.51. The van der Waals surface area contributed by atoms with Crippen molar-refractivity contribution < 1.29 is 8.42 Å². The molecule has 3 N–H and O–H groups in total. The smallest absolute Gasteiger partial charge is 0.262 e. The van der Waals surface area contributed by atoms with Crippen LogP contribution in [0.5, 0.6) is 0 Å². The lowest BCUT2D eigenvalue weighted by molar-refractivity contribution is 0.600. The number of benzene rings is 2. The second-order valence-corrected chi connectivity index (χ2v) is 7.54. The Balaban J connectivity index is 2.51. The van der Waals surface area contributed by atoms with Gasteiger partial charge in [0, 0.05) is 15.2 Å². The second kappa shape index (κ2) is 5.87. The Labute approximate surface area is 137 Å². The summed E-state index contributed by atoms with van der Waals surface area (Å²) in [6.07, 6.45) is 0. The molecule has 4 nitrogen and oxygen atoms in total. The quantitative estimate of drug-likeness (QED) is 0.776. The molecule has 2 aromatic rings. The van der Waals surface area contributed by atoms with Crippen molar-refractivity contribution in [3.8, 4) is 0 Å². The summed E-state index contributed by atoms with van der Waals surface area (Å²) in [5.41, 5.74) is 7.98. The van der Waals surface area contributed by atoms with Gasteiger partial charge in [0.25, 0.3) is 10.0 Å². The number of anilines is 2. The summed E-state index contributed by atoms with van der Waals surface area (Å²) in [7, 11) is -3.77. The van der Waals surface area contributed by atoms with Gasteiger partial charge in [-0.15, -0.1) is 0 Å². The molecule has 0 heterocycles. The highest BCUT2D eigenvalue weighted by Gasteiger charge is 2.20. The highest BCUT2D eigenvalue weighted by atomic mass is 79.9. The monoisotopic (exact) mass is 388 g/mol. The lowest BCUT2D eigenvalue weighted by atomic mass is 10.2. The van der Waals surface area contributed by atoms with Crippen molar-refractivity contribution in [3.05, 3.63) is 51.0 Å². The Morgan fingerprint density at radius 1 is 1.24 bits per heavy atom. The average molecular weight is 390 g/mol. The number of hydrogen-bond acceptors (Lipinski definition) is 3. The zero-order chi connectivity index (χ0) is 15.8. The van der Waals surface area contributed by atoms with Crippen molar-refractivity contribution in [1.29, 1.82) is 0 Å². The van der Waals surface area contributed by atoms with E-state index in [1.165, 1.54) is 12.1 Å². The summed E-state index contributed by atoms with van der Waals surface area (Å²) < 4.78 is 28.3. The van der Waals surface area contributed by atoms with Crippen LogP contribution < -0.4 is 10.5 Å². The van der Waals surface area contributed by atoms with Gasteiger partial charge in [0.2, 0.25) is 0 Å². The molecule has 0 aliphatic heterocycles. The van der Waals surface area contributed by atoms with Gasteiger partial charge in [0.05, 0.1) is 10.6 Å². The molecule has 0 aromatic heterocycles. The summed E-state index contributed by atoms with van der Waals surface area (Å²) in [4.78, 5) is 0.0703. The van der Waals surface area contributed by atoms with Crippen LogP contribution in [0, 0.1) is 13.8 Å². The molecule has 0 saturated carbocycles. The molecular weight excluding hydrogens is 376 g/mol. The molecule has 0 fully saturated rings. The highest BCUT2D eigenvalue weighted by Crippen LogP contribution is 2.31. The maximum absolute atomic E-state index is 12.5. The number of sulfonamides is 1. The molecule has 0 spiro atoms. The van der Waals surface area contributed by atoms with Gasteiger partial charge in [-0.3, -0.25) is 4.72 Å². The first-order valence-corrected chi connectivity index (χ1v) is 8.71. The fraction of sp³-hybridized carbons (Fsp3) is 0.143. The van der Waals surface area contributed by atoms with Gasteiger partial charge in [-0.1, -0.05) is 23.7 Å². The number of hydrogen-bond donors (Lipinski definition) is 2. The number of nitrogen functional groups attached to an aromatic ring is 1. The average Bonchev–Trinajstić information content (AvgIpc) is 2.39. The first-order valence-electron chi connectivity index (χ1n) is 6.06.